The molecule has 0 aliphatic carbocycles. The van der Waals surface area contributed by atoms with Crippen molar-refractivity contribution < 1.29 is 13.2 Å². The highest BCUT2D eigenvalue weighted by Crippen LogP contribution is 2.22. The van der Waals surface area contributed by atoms with Gasteiger partial charge in [0.1, 0.15) is 0 Å². The van der Waals surface area contributed by atoms with E-state index in [2.05, 4.69) is 17.0 Å². The van der Waals surface area contributed by atoms with E-state index in [4.69, 9.17) is 0 Å². The summed E-state index contributed by atoms with van der Waals surface area (Å²) in [5.74, 6) is -0.139. The van der Waals surface area contributed by atoms with Gasteiger partial charge in [0.05, 0.1) is 4.90 Å². The number of benzene rings is 2. The summed E-state index contributed by atoms with van der Waals surface area (Å²) in [6, 6.07) is 14.5. The Bertz CT molecular complexity index is 999. The van der Waals surface area contributed by atoms with Crippen molar-refractivity contribution in [3.8, 4) is 0 Å². The molecule has 0 bridgehead atoms. The van der Waals surface area contributed by atoms with E-state index in [-0.39, 0.29) is 10.7 Å². The Morgan fingerprint density at radius 2 is 1.37 bits per heavy atom. The van der Waals surface area contributed by atoms with Crippen LogP contribution in [-0.2, 0) is 10.0 Å². The first kappa shape index (κ1) is 20.8. The molecule has 0 spiro atoms. The molecule has 0 amide bonds. The number of ketones is 1. The van der Waals surface area contributed by atoms with Crippen LogP contribution >= 0.6 is 0 Å². The fourth-order valence-corrected chi connectivity index (χ4v) is 5.60. The standard InChI is InChI=1S/C24H28N2O3S/c27-24(15-8-20-6-11-22(12-7-20)25-16-2-1-3-17-25)21-9-13-23(14-10-21)30(28,29)26-18-4-5-19-26/h6-15H,1-5,16-19H2/b15-8+. The normalized spacial score (nSPS) is 18.2. The zero-order chi connectivity index (χ0) is 21.0. The van der Waals surface area contributed by atoms with Gasteiger partial charge in [0.2, 0.25) is 10.0 Å². The molecule has 4 rings (SSSR count). The van der Waals surface area contributed by atoms with Gasteiger partial charge < -0.3 is 4.90 Å². The van der Waals surface area contributed by atoms with Gasteiger partial charge in [-0.2, -0.15) is 4.31 Å². The minimum absolute atomic E-state index is 0.139. The lowest BCUT2D eigenvalue weighted by Gasteiger charge is -2.28. The average Bonchev–Trinajstić information content (AvgIpc) is 3.34. The summed E-state index contributed by atoms with van der Waals surface area (Å²) in [6.07, 6.45) is 8.95. The molecule has 0 saturated carbocycles. The Morgan fingerprint density at radius 1 is 0.767 bits per heavy atom. The molecule has 6 heteroatoms. The topological polar surface area (TPSA) is 57.7 Å². The molecule has 2 aliphatic heterocycles. The summed E-state index contributed by atoms with van der Waals surface area (Å²) in [7, 11) is -3.45. The van der Waals surface area contributed by atoms with Crippen molar-refractivity contribution in [2.24, 2.45) is 0 Å². The zero-order valence-electron chi connectivity index (χ0n) is 17.2. The predicted octanol–water partition coefficient (Wildman–Crippen LogP) is 4.36. The molecule has 2 aromatic rings. The Balaban J connectivity index is 1.40. The van der Waals surface area contributed by atoms with Crippen LogP contribution in [0.2, 0.25) is 0 Å². The molecule has 2 aromatic carbocycles. The summed E-state index contributed by atoms with van der Waals surface area (Å²) in [6.45, 7) is 3.36. The molecule has 0 N–H and O–H groups in total. The van der Waals surface area contributed by atoms with Gasteiger partial charge in [0.25, 0.3) is 0 Å². The molecule has 2 aliphatic rings. The van der Waals surface area contributed by atoms with Crippen molar-refractivity contribution in [2.75, 3.05) is 31.1 Å². The monoisotopic (exact) mass is 424 g/mol. The number of hydrogen-bond acceptors (Lipinski definition) is 4. The van der Waals surface area contributed by atoms with Crippen LogP contribution in [0.5, 0.6) is 0 Å². The smallest absolute Gasteiger partial charge is 0.243 e. The quantitative estimate of drug-likeness (QED) is 0.511. The van der Waals surface area contributed by atoms with Crippen LogP contribution in [0.15, 0.2) is 59.5 Å². The number of allylic oxidation sites excluding steroid dienone is 1. The number of piperidine rings is 1. The Morgan fingerprint density at radius 3 is 2.00 bits per heavy atom. The zero-order valence-corrected chi connectivity index (χ0v) is 18.0. The first-order valence-electron chi connectivity index (χ1n) is 10.7. The van der Waals surface area contributed by atoms with E-state index in [9.17, 15) is 13.2 Å². The van der Waals surface area contributed by atoms with Crippen molar-refractivity contribution >= 4 is 27.6 Å². The molecule has 0 unspecified atom stereocenters. The van der Waals surface area contributed by atoms with Crippen LogP contribution in [0.25, 0.3) is 6.08 Å². The summed E-state index contributed by atoms with van der Waals surface area (Å²) in [4.78, 5) is 15.1. The van der Waals surface area contributed by atoms with Crippen LogP contribution in [0.3, 0.4) is 0 Å². The third kappa shape index (κ3) is 4.65. The molecule has 2 heterocycles. The van der Waals surface area contributed by atoms with Gasteiger partial charge in [-0.05, 0) is 80.1 Å². The van der Waals surface area contributed by atoms with Crippen molar-refractivity contribution in [3.05, 3.63) is 65.7 Å². The van der Waals surface area contributed by atoms with Gasteiger partial charge in [-0.1, -0.05) is 18.2 Å². The van der Waals surface area contributed by atoms with Crippen molar-refractivity contribution in [2.45, 2.75) is 37.0 Å². The number of anilines is 1. The highest BCUT2D eigenvalue weighted by atomic mass is 32.2. The average molecular weight is 425 g/mol. The summed E-state index contributed by atoms with van der Waals surface area (Å²) in [5, 5.41) is 0. The highest BCUT2D eigenvalue weighted by Gasteiger charge is 2.27. The SMILES string of the molecule is O=C(/C=C/c1ccc(N2CCCCC2)cc1)c1ccc(S(=O)(=O)N2CCCC2)cc1. The highest BCUT2D eigenvalue weighted by molar-refractivity contribution is 7.89. The maximum absolute atomic E-state index is 12.6. The Hall–Kier alpha value is -2.44. The number of carbonyl (C=O) groups excluding carboxylic acids is 1. The first-order chi connectivity index (χ1) is 14.5. The largest absolute Gasteiger partial charge is 0.372 e. The van der Waals surface area contributed by atoms with Crippen molar-refractivity contribution in [1.82, 2.24) is 4.31 Å². The van der Waals surface area contributed by atoms with E-state index in [1.807, 2.05) is 12.1 Å². The maximum atomic E-state index is 12.6. The van der Waals surface area contributed by atoms with Gasteiger partial charge in [0.15, 0.2) is 5.78 Å². The molecule has 0 atom stereocenters. The molecule has 0 aromatic heterocycles. The lowest BCUT2D eigenvalue weighted by molar-refractivity contribution is 0.104. The number of carbonyl (C=O) groups is 1. The molecule has 5 nitrogen and oxygen atoms in total. The predicted molar refractivity (Wildman–Crippen MR) is 120 cm³/mol. The second-order valence-electron chi connectivity index (χ2n) is 7.97. The molecule has 2 saturated heterocycles. The minimum atomic E-state index is -3.45. The first-order valence-corrected chi connectivity index (χ1v) is 12.2. The minimum Gasteiger partial charge on any atom is -0.372 e. The summed E-state index contributed by atoms with van der Waals surface area (Å²) in [5.41, 5.74) is 2.68. The third-order valence-electron chi connectivity index (χ3n) is 5.88. The van der Waals surface area contributed by atoms with Crippen LogP contribution in [0.1, 0.15) is 48.0 Å². The second kappa shape index (κ2) is 9.14. The van der Waals surface area contributed by atoms with Crippen molar-refractivity contribution in [3.63, 3.8) is 0 Å². The van der Waals surface area contributed by atoms with Crippen LogP contribution < -0.4 is 4.90 Å². The summed E-state index contributed by atoms with van der Waals surface area (Å²) >= 11 is 0. The van der Waals surface area contributed by atoms with Crippen LogP contribution in [-0.4, -0.2) is 44.7 Å². The van der Waals surface area contributed by atoms with Crippen LogP contribution in [0, 0.1) is 0 Å². The van der Waals surface area contributed by atoms with Gasteiger partial charge >= 0.3 is 0 Å². The molecule has 30 heavy (non-hydrogen) atoms. The van der Waals surface area contributed by atoms with Gasteiger partial charge in [-0.3, -0.25) is 4.79 Å². The van der Waals surface area contributed by atoms with E-state index < -0.39 is 10.0 Å². The van der Waals surface area contributed by atoms with Gasteiger partial charge in [0, 0.05) is 37.4 Å². The van der Waals surface area contributed by atoms with Crippen molar-refractivity contribution in [1.29, 1.82) is 0 Å². The van der Waals surface area contributed by atoms with E-state index in [0.717, 1.165) is 31.5 Å². The fraction of sp³-hybridized carbons (Fsp3) is 0.375. The second-order valence-corrected chi connectivity index (χ2v) is 9.91. The van der Waals surface area contributed by atoms with E-state index in [1.165, 1.54) is 41.4 Å². The Kier molecular flexibility index (Phi) is 6.35. The number of rotatable bonds is 6. The lowest BCUT2D eigenvalue weighted by Crippen LogP contribution is -2.29. The molecular weight excluding hydrogens is 396 g/mol. The molecular formula is C24H28N2O3S. The molecule has 0 radical (unpaired) electrons. The molecule has 2 fully saturated rings. The van der Waals surface area contributed by atoms with Gasteiger partial charge in [-0.15, -0.1) is 0 Å². The van der Waals surface area contributed by atoms with Crippen LogP contribution in [0.4, 0.5) is 5.69 Å². The lowest BCUT2D eigenvalue weighted by atomic mass is 10.1. The van der Waals surface area contributed by atoms with E-state index >= 15 is 0 Å². The maximum Gasteiger partial charge on any atom is 0.243 e. The van der Waals surface area contributed by atoms with Gasteiger partial charge in [-0.25, -0.2) is 8.42 Å². The molecule has 158 valence electrons. The third-order valence-corrected chi connectivity index (χ3v) is 7.80. The number of nitrogens with zero attached hydrogens (tertiary/aromatic N) is 2. The van der Waals surface area contributed by atoms with E-state index in [1.54, 1.807) is 24.3 Å². The number of hydrogen-bond donors (Lipinski definition) is 0. The summed E-state index contributed by atoms with van der Waals surface area (Å²) < 4.78 is 26.7. The van der Waals surface area contributed by atoms with E-state index in [0.29, 0.717) is 18.7 Å². The fourth-order valence-electron chi connectivity index (χ4n) is 4.09. The number of sulfonamides is 1. The Labute approximate surface area is 179 Å².